The van der Waals surface area contributed by atoms with Crippen LogP contribution in [0, 0.1) is 0 Å². The molecule has 35 heavy (non-hydrogen) atoms. The van der Waals surface area contributed by atoms with Crippen LogP contribution in [0.1, 0.15) is 44.1 Å². The molecular weight excluding hydrogens is 456 g/mol. The first-order chi connectivity index (χ1) is 16.9. The van der Waals surface area contributed by atoms with Crippen molar-refractivity contribution in [1.29, 1.82) is 0 Å². The number of rotatable bonds is 11. The third kappa shape index (κ3) is 6.58. The molecule has 0 spiro atoms. The Balaban J connectivity index is 1.57. The summed E-state index contributed by atoms with van der Waals surface area (Å²) in [6, 6.07) is 7.80. The zero-order valence-corrected chi connectivity index (χ0v) is 20.3. The number of carbonyl (C=O) groups is 4. The standard InChI is InChI=1S/C25H34N2O8/c1-33-20(22(28)26-14-6-10-18(26)24(30)31)12-13-21(34-2)23(29)27-15-7-11-19(27)25(32)35-16-17-8-4-3-5-9-17/h3-5,8-9,18-21H,6-7,10-16H2,1-2H3,(H,30,31)/t18-,19-,20-,21+/m1/s1. The second-order valence-corrected chi connectivity index (χ2v) is 8.84. The highest BCUT2D eigenvalue weighted by Gasteiger charge is 2.40. The zero-order valence-electron chi connectivity index (χ0n) is 20.3. The maximum Gasteiger partial charge on any atom is 0.329 e. The van der Waals surface area contributed by atoms with E-state index in [9.17, 15) is 24.3 Å². The van der Waals surface area contributed by atoms with E-state index in [1.54, 1.807) is 0 Å². The summed E-state index contributed by atoms with van der Waals surface area (Å²) in [5.74, 6) is -2.22. The van der Waals surface area contributed by atoms with Crippen LogP contribution >= 0.6 is 0 Å². The monoisotopic (exact) mass is 490 g/mol. The fourth-order valence-corrected chi connectivity index (χ4v) is 4.74. The Labute approximate surface area is 205 Å². The third-order valence-electron chi connectivity index (χ3n) is 6.66. The Morgan fingerprint density at radius 3 is 1.91 bits per heavy atom. The number of likely N-dealkylation sites (tertiary alicyclic amines) is 2. The number of ether oxygens (including phenoxy) is 3. The topological polar surface area (TPSA) is 123 Å². The van der Waals surface area contributed by atoms with E-state index < -0.39 is 42.1 Å². The maximum absolute atomic E-state index is 13.2. The van der Waals surface area contributed by atoms with Crippen molar-refractivity contribution in [3.63, 3.8) is 0 Å². The molecule has 1 N–H and O–H groups in total. The van der Waals surface area contributed by atoms with Crippen molar-refractivity contribution in [2.75, 3.05) is 27.3 Å². The minimum atomic E-state index is -1.03. The van der Waals surface area contributed by atoms with Gasteiger partial charge in [0.2, 0.25) is 0 Å². The number of hydrogen-bond donors (Lipinski definition) is 1. The molecule has 1 aromatic carbocycles. The summed E-state index contributed by atoms with van der Waals surface area (Å²) >= 11 is 0. The molecule has 2 amide bonds. The van der Waals surface area contributed by atoms with Crippen molar-refractivity contribution in [2.45, 2.75) is 69.4 Å². The van der Waals surface area contributed by atoms with Gasteiger partial charge in [0.05, 0.1) is 0 Å². The van der Waals surface area contributed by atoms with Gasteiger partial charge < -0.3 is 29.1 Å². The Morgan fingerprint density at radius 1 is 0.886 bits per heavy atom. The highest BCUT2D eigenvalue weighted by atomic mass is 16.5. The summed E-state index contributed by atoms with van der Waals surface area (Å²) in [7, 11) is 2.79. The van der Waals surface area contributed by atoms with Crippen LogP contribution in [0.2, 0.25) is 0 Å². The number of hydrogen-bond acceptors (Lipinski definition) is 7. The van der Waals surface area contributed by atoms with E-state index in [1.165, 1.54) is 24.0 Å². The number of methoxy groups -OCH3 is 2. The number of nitrogens with zero attached hydrogens (tertiary/aromatic N) is 2. The molecule has 10 heteroatoms. The number of carbonyl (C=O) groups excluding carboxylic acids is 3. The van der Waals surface area contributed by atoms with Gasteiger partial charge in [-0.25, -0.2) is 9.59 Å². The van der Waals surface area contributed by atoms with Crippen LogP contribution < -0.4 is 0 Å². The molecule has 0 saturated carbocycles. The van der Waals surface area contributed by atoms with Gasteiger partial charge in [0, 0.05) is 27.3 Å². The number of amides is 2. The zero-order chi connectivity index (χ0) is 25.4. The van der Waals surface area contributed by atoms with Crippen molar-refractivity contribution in [1.82, 2.24) is 9.80 Å². The van der Waals surface area contributed by atoms with Gasteiger partial charge >= 0.3 is 11.9 Å². The number of aliphatic carboxylic acids is 1. The first-order valence-corrected chi connectivity index (χ1v) is 12.0. The highest BCUT2D eigenvalue weighted by molar-refractivity contribution is 5.88. The smallest absolute Gasteiger partial charge is 0.329 e. The van der Waals surface area contributed by atoms with E-state index in [0.29, 0.717) is 38.8 Å². The SMILES string of the molecule is CO[C@@H](CC[C@@H](OC)C(=O)N1CCC[C@@H]1C(=O)O)C(=O)N1CCC[C@@H]1C(=O)OCc1ccccc1. The van der Waals surface area contributed by atoms with Crippen LogP contribution in [0.5, 0.6) is 0 Å². The van der Waals surface area contributed by atoms with E-state index >= 15 is 0 Å². The number of benzene rings is 1. The summed E-state index contributed by atoms with van der Waals surface area (Å²) in [5, 5.41) is 9.37. The summed E-state index contributed by atoms with van der Waals surface area (Å²) in [4.78, 5) is 53.1. The van der Waals surface area contributed by atoms with Gasteiger partial charge in [-0.2, -0.15) is 0 Å². The van der Waals surface area contributed by atoms with Gasteiger partial charge in [0.15, 0.2) is 0 Å². The van der Waals surface area contributed by atoms with Crippen molar-refractivity contribution in [3.05, 3.63) is 35.9 Å². The molecule has 0 aliphatic carbocycles. The predicted octanol–water partition coefficient (Wildman–Crippen LogP) is 1.61. The lowest BCUT2D eigenvalue weighted by atomic mass is 10.1. The lowest BCUT2D eigenvalue weighted by Crippen LogP contribution is -2.48. The van der Waals surface area contributed by atoms with Gasteiger partial charge in [-0.05, 0) is 44.1 Å². The minimum Gasteiger partial charge on any atom is -0.480 e. The molecule has 2 heterocycles. The average Bonchev–Trinajstić information content (AvgIpc) is 3.55. The average molecular weight is 491 g/mol. The van der Waals surface area contributed by atoms with E-state index in [-0.39, 0.29) is 25.4 Å². The van der Waals surface area contributed by atoms with Crippen molar-refractivity contribution >= 4 is 23.8 Å². The normalized spacial score (nSPS) is 21.5. The molecule has 0 radical (unpaired) electrons. The molecule has 1 aromatic rings. The quantitative estimate of drug-likeness (QED) is 0.464. The van der Waals surface area contributed by atoms with Gasteiger partial charge in [0.25, 0.3) is 11.8 Å². The van der Waals surface area contributed by atoms with Gasteiger partial charge in [-0.3, -0.25) is 9.59 Å². The molecule has 2 saturated heterocycles. The highest BCUT2D eigenvalue weighted by Crippen LogP contribution is 2.24. The first-order valence-electron chi connectivity index (χ1n) is 12.0. The molecule has 2 aliphatic rings. The first kappa shape index (κ1) is 26.6. The van der Waals surface area contributed by atoms with Crippen molar-refractivity contribution in [3.8, 4) is 0 Å². The molecule has 4 atom stereocenters. The van der Waals surface area contributed by atoms with Gasteiger partial charge in [0.1, 0.15) is 30.9 Å². The second kappa shape index (κ2) is 12.6. The van der Waals surface area contributed by atoms with Crippen LogP contribution in [0.3, 0.4) is 0 Å². The molecule has 10 nitrogen and oxygen atoms in total. The number of carboxylic acid groups (broad SMARTS) is 1. The Bertz CT molecular complexity index is 893. The third-order valence-corrected chi connectivity index (χ3v) is 6.66. The predicted molar refractivity (Wildman–Crippen MR) is 124 cm³/mol. The number of carboxylic acids is 1. The van der Waals surface area contributed by atoms with Crippen LogP contribution in [0.15, 0.2) is 30.3 Å². The summed E-state index contributed by atoms with van der Waals surface area (Å²) in [6.07, 6.45) is 0.843. The van der Waals surface area contributed by atoms with E-state index in [4.69, 9.17) is 14.2 Å². The molecular formula is C25H34N2O8. The number of esters is 1. The largest absolute Gasteiger partial charge is 0.480 e. The Hall–Kier alpha value is -2.98. The summed E-state index contributed by atoms with van der Waals surface area (Å²) < 4.78 is 16.2. The van der Waals surface area contributed by atoms with Gasteiger partial charge in [-0.15, -0.1) is 0 Å². The molecule has 0 aromatic heterocycles. The fraction of sp³-hybridized carbons (Fsp3) is 0.600. The van der Waals surface area contributed by atoms with Crippen molar-refractivity contribution in [2.24, 2.45) is 0 Å². The lowest BCUT2D eigenvalue weighted by molar-refractivity contribution is -0.158. The van der Waals surface area contributed by atoms with Crippen molar-refractivity contribution < 1.29 is 38.5 Å². The molecule has 2 fully saturated rings. The van der Waals surface area contributed by atoms with E-state index in [1.807, 2.05) is 30.3 Å². The van der Waals surface area contributed by atoms with Crippen LogP contribution in [0.25, 0.3) is 0 Å². The van der Waals surface area contributed by atoms with E-state index in [2.05, 4.69) is 0 Å². The van der Waals surface area contributed by atoms with Crippen LogP contribution in [-0.2, 0) is 40.0 Å². The van der Waals surface area contributed by atoms with Crippen LogP contribution in [-0.4, -0.2) is 90.3 Å². The maximum atomic E-state index is 13.2. The Morgan fingerprint density at radius 2 is 1.40 bits per heavy atom. The summed E-state index contributed by atoms with van der Waals surface area (Å²) in [6.45, 7) is 0.921. The lowest BCUT2D eigenvalue weighted by Gasteiger charge is -2.29. The van der Waals surface area contributed by atoms with E-state index in [0.717, 1.165) is 5.56 Å². The van der Waals surface area contributed by atoms with Crippen LogP contribution in [0.4, 0.5) is 0 Å². The molecule has 2 aliphatic heterocycles. The molecule has 3 rings (SSSR count). The molecule has 0 bridgehead atoms. The minimum absolute atomic E-state index is 0.136. The summed E-state index contributed by atoms with van der Waals surface area (Å²) in [5.41, 5.74) is 0.866. The molecule has 192 valence electrons. The molecule has 0 unspecified atom stereocenters. The second-order valence-electron chi connectivity index (χ2n) is 8.84. The Kier molecular flexibility index (Phi) is 9.62. The van der Waals surface area contributed by atoms with Gasteiger partial charge in [-0.1, -0.05) is 30.3 Å². The fourth-order valence-electron chi connectivity index (χ4n) is 4.74.